The first-order valence-electron chi connectivity index (χ1n) is 13.7. The highest BCUT2D eigenvalue weighted by Gasteiger charge is 2.43. The van der Waals surface area contributed by atoms with E-state index in [0.717, 1.165) is 43.2 Å². The summed E-state index contributed by atoms with van der Waals surface area (Å²) >= 11 is 0. The Morgan fingerprint density at radius 1 is 1.13 bits per heavy atom. The third-order valence-electron chi connectivity index (χ3n) is 7.54. The lowest BCUT2D eigenvalue weighted by Crippen LogP contribution is -2.57. The van der Waals surface area contributed by atoms with Gasteiger partial charge in [-0.15, -0.1) is 0 Å². The maximum atomic E-state index is 13.4. The van der Waals surface area contributed by atoms with Gasteiger partial charge in [0.2, 0.25) is 17.7 Å². The molecule has 0 saturated carbocycles. The normalized spacial score (nSPS) is 25.2. The van der Waals surface area contributed by atoms with Crippen molar-refractivity contribution in [3.8, 4) is 0 Å². The molecule has 0 aliphatic carbocycles. The van der Waals surface area contributed by atoms with Gasteiger partial charge in [0.05, 0.1) is 18.4 Å². The number of carbonyl (C=O) groups is 5. The van der Waals surface area contributed by atoms with Crippen LogP contribution in [0.25, 0.3) is 0 Å². The number of anilines is 1. The molecule has 3 aliphatic heterocycles. The van der Waals surface area contributed by atoms with Crippen LogP contribution in [0.5, 0.6) is 0 Å². The van der Waals surface area contributed by atoms with Crippen LogP contribution >= 0.6 is 0 Å². The quantitative estimate of drug-likeness (QED) is 0.282. The van der Waals surface area contributed by atoms with Crippen molar-refractivity contribution in [3.05, 3.63) is 29.8 Å². The highest BCUT2D eigenvalue weighted by atomic mass is 16.5. The number of hydrogen-bond acceptors (Lipinski definition) is 8. The fraction of sp³-hybridized carbons (Fsp3) is 0.607. The van der Waals surface area contributed by atoms with E-state index in [-0.39, 0.29) is 54.7 Å². The molecule has 0 spiro atoms. The molecule has 3 amide bonds. The number of nitrogens with one attached hydrogen (secondary N) is 4. The highest BCUT2D eigenvalue weighted by molar-refractivity contribution is 5.93. The number of benzene rings is 1. The topological polar surface area (TPSA) is 146 Å². The van der Waals surface area contributed by atoms with Crippen molar-refractivity contribution in [2.45, 2.75) is 82.6 Å². The molecule has 11 heteroatoms. The lowest BCUT2D eigenvalue weighted by molar-refractivity contribution is -0.144. The predicted octanol–water partition coefficient (Wildman–Crippen LogP) is 1.12. The molecule has 4 N–H and O–H groups in total. The summed E-state index contributed by atoms with van der Waals surface area (Å²) in [6.45, 7) is 2.46. The van der Waals surface area contributed by atoms with E-state index in [4.69, 9.17) is 0 Å². The summed E-state index contributed by atoms with van der Waals surface area (Å²) in [4.78, 5) is 60.7. The van der Waals surface area contributed by atoms with E-state index in [0.29, 0.717) is 19.4 Å². The van der Waals surface area contributed by atoms with E-state index < -0.39 is 12.1 Å². The third kappa shape index (κ3) is 8.26. The third-order valence-corrected chi connectivity index (χ3v) is 7.54. The Bertz CT molecular complexity index is 1030. The monoisotopic (exact) mass is 543 g/mol. The zero-order valence-electron chi connectivity index (χ0n) is 23.0. The molecule has 214 valence electrons. The molecule has 0 radical (unpaired) electrons. The largest absolute Gasteiger partial charge is 0.465 e. The molecule has 3 saturated heterocycles. The Labute approximate surface area is 229 Å². The number of aldehydes is 1. The first kappa shape index (κ1) is 30.1. The van der Waals surface area contributed by atoms with E-state index in [1.165, 1.54) is 0 Å². The smallest absolute Gasteiger partial charge is 0.306 e. The number of esters is 1. The van der Waals surface area contributed by atoms with Crippen LogP contribution in [0.2, 0.25) is 0 Å². The zero-order valence-corrected chi connectivity index (χ0v) is 23.0. The van der Waals surface area contributed by atoms with Gasteiger partial charge in [-0.25, -0.2) is 0 Å². The number of nitrogens with zero attached hydrogens (tertiary/aromatic N) is 1. The summed E-state index contributed by atoms with van der Waals surface area (Å²) in [7, 11) is 3.57. The van der Waals surface area contributed by atoms with Gasteiger partial charge in [0.25, 0.3) is 0 Å². The zero-order chi connectivity index (χ0) is 28.4. The average Bonchev–Trinajstić information content (AvgIpc) is 3.57. The molecule has 39 heavy (non-hydrogen) atoms. The van der Waals surface area contributed by atoms with Crippen molar-refractivity contribution in [2.24, 2.45) is 5.92 Å². The Hall–Kier alpha value is -3.47. The number of carbonyl (C=O) groups excluding carboxylic acids is 5. The minimum absolute atomic E-state index is 0.0669. The fourth-order valence-electron chi connectivity index (χ4n) is 5.11. The van der Waals surface area contributed by atoms with E-state index in [9.17, 15) is 24.0 Å². The molecule has 1 aromatic carbocycles. The van der Waals surface area contributed by atoms with Crippen LogP contribution in [-0.4, -0.2) is 79.7 Å². The molecule has 3 aliphatic rings. The minimum atomic E-state index is -0.577. The Kier molecular flexibility index (Phi) is 11.3. The van der Waals surface area contributed by atoms with Crippen LogP contribution in [-0.2, 0) is 35.3 Å². The maximum Gasteiger partial charge on any atom is 0.306 e. The van der Waals surface area contributed by atoms with E-state index in [2.05, 4.69) is 26.0 Å². The van der Waals surface area contributed by atoms with Gasteiger partial charge in [-0.3, -0.25) is 19.2 Å². The fourth-order valence-corrected chi connectivity index (χ4v) is 5.11. The number of hydrogen-bond donors (Lipinski definition) is 4. The summed E-state index contributed by atoms with van der Waals surface area (Å²) in [5.74, 6) is -0.886. The summed E-state index contributed by atoms with van der Waals surface area (Å²) in [6.07, 6.45) is 5.91. The summed E-state index contributed by atoms with van der Waals surface area (Å²) < 4.78 is 4.49. The van der Waals surface area contributed by atoms with E-state index in [1.54, 1.807) is 18.9 Å². The summed E-state index contributed by atoms with van der Waals surface area (Å²) in [5.41, 5.74) is 1.99. The second-order valence-corrected chi connectivity index (χ2v) is 10.3. The minimum Gasteiger partial charge on any atom is -0.465 e. The Morgan fingerprint density at radius 3 is 2.54 bits per heavy atom. The van der Waals surface area contributed by atoms with E-state index >= 15 is 0 Å². The lowest BCUT2D eigenvalue weighted by Gasteiger charge is -2.35. The summed E-state index contributed by atoms with van der Waals surface area (Å²) in [5, 5.41) is 11.9. The van der Waals surface area contributed by atoms with Crippen molar-refractivity contribution in [1.29, 1.82) is 0 Å². The molecule has 3 fully saturated rings. The van der Waals surface area contributed by atoms with Crippen LogP contribution < -0.4 is 21.3 Å². The van der Waals surface area contributed by atoms with Crippen molar-refractivity contribution < 1.29 is 28.7 Å². The average molecular weight is 544 g/mol. The second kappa shape index (κ2) is 14.6. The van der Waals surface area contributed by atoms with Crippen molar-refractivity contribution in [2.75, 3.05) is 26.0 Å². The van der Waals surface area contributed by atoms with Crippen molar-refractivity contribution in [3.63, 3.8) is 0 Å². The van der Waals surface area contributed by atoms with Gasteiger partial charge < -0.3 is 35.7 Å². The first-order valence-corrected chi connectivity index (χ1v) is 13.7. The molecular weight excluding hydrogens is 502 g/mol. The number of cyclic esters (lactones) is 1. The van der Waals surface area contributed by atoms with Gasteiger partial charge in [0.15, 0.2) is 0 Å². The van der Waals surface area contributed by atoms with Gasteiger partial charge >= 0.3 is 5.97 Å². The van der Waals surface area contributed by atoms with Crippen molar-refractivity contribution in [1.82, 2.24) is 20.9 Å². The molecule has 0 aromatic heterocycles. The first-order chi connectivity index (χ1) is 18.8. The summed E-state index contributed by atoms with van der Waals surface area (Å²) in [6, 6.07) is 6.50. The van der Waals surface area contributed by atoms with Crippen LogP contribution in [0.15, 0.2) is 24.3 Å². The molecule has 11 nitrogen and oxygen atoms in total. The molecule has 5 atom stereocenters. The van der Waals surface area contributed by atoms with E-state index in [1.807, 2.05) is 31.3 Å². The van der Waals surface area contributed by atoms with Gasteiger partial charge in [0.1, 0.15) is 25.0 Å². The van der Waals surface area contributed by atoms with Crippen LogP contribution in [0.3, 0.4) is 0 Å². The molecule has 3 heterocycles. The van der Waals surface area contributed by atoms with Crippen LogP contribution in [0.4, 0.5) is 5.69 Å². The molecule has 5 unspecified atom stereocenters. The lowest BCUT2D eigenvalue weighted by atomic mass is 9.98. The SMILES string of the molecule is CNc1cccc(CNC(=O)C2CCC3CCCCC(NC(=O)C(C)NC)C(=O)N32)c1.O=CC1COC(=O)C1. The number of amides is 3. The molecular formula is C28H41N5O6. The number of ether oxygens (including phenoxy) is 1. The van der Waals surface area contributed by atoms with Gasteiger partial charge in [-0.1, -0.05) is 25.0 Å². The number of fused-ring (bicyclic) bond motifs is 1. The van der Waals surface area contributed by atoms with Gasteiger partial charge in [-0.05, 0) is 57.4 Å². The number of rotatable bonds is 8. The number of likely N-dealkylation sites (N-methyl/N-ethyl adjacent to an activating group) is 1. The van der Waals surface area contributed by atoms with Crippen molar-refractivity contribution >= 4 is 35.7 Å². The van der Waals surface area contributed by atoms with Gasteiger partial charge in [-0.2, -0.15) is 0 Å². The van der Waals surface area contributed by atoms with Crippen LogP contribution in [0.1, 0.15) is 57.4 Å². The molecule has 0 bridgehead atoms. The Balaban J connectivity index is 0.000000449. The standard InChI is InChI=1S/C23H35N5O3.C5H6O3/c1-15(24-2)21(29)27-19-10-5-4-9-18-11-12-20(28(18)23(19)31)22(30)26-14-16-7-6-8-17(13-16)25-3;6-2-4-1-5(7)8-3-4/h6-8,13,15,18-20,24-25H,4-5,9-12,14H2,1-3H3,(H,26,30)(H,27,29);2,4H,1,3H2. The second-order valence-electron chi connectivity index (χ2n) is 10.3. The van der Waals surface area contributed by atoms with Crippen LogP contribution in [0, 0.1) is 5.92 Å². The molecule has 4 rings (SSSR count). The Morgan fingerprint density at radius 2 is 1.90 bits per heavy atom. The highest BCUT2D eigenvalue weighted by Crippen LogP contribution is 2.31. The molecule has 1 aromatic rings. The van der Waals surface area contributed by atoms with Gasteiger partial charge in [0, 0.05) is 25.3 Å². The maximum absolute atomic E-state index is 13.4. The predicted molar refractivity (Wildman–Crippen MR) is 146 cm³/mol.